The molecule has 1 rings (SSSR count). The highest BCUT2D eigenvalue weighted by atomic mass is 35.7. The van der Waals surface area contributed by atoms with Crippen LogP contribution in [0.3, 0.4) is 0 Å². The van der Waals surface area contributed by atoms with Crippen molar-refractivity contribution >= 4 is 31.3 Å². The Morgan fingerprint density at radius 2 is 1.71 bits per heavy atom. The van der Waals surface area contributed by atoms with Crippen LogP contribution < -0.4 is 5.32 Å². The minimum Gasteiger partial charge on any atom is -0.320 e. The summed E-state index contributed by atoms with van der Waals surface area (Å²) in [5.74, 6) is -8.14. The number of hydrogen-bond acceptors (Lipinski definition) is 3. The molecule has 1 aromatic rings. The molecule has 0 spiro atoms. The van der Waals surface area contributed by atoms with E-state index in [1.165, 1.54) is 12.2 Å². The van der Waals surface area contributed by atoms with Crippen molar-refractivity contribution in [1.82, 2.24) is 0 Å². The molecule has 0 saturated carbocycles. The maximum absolute atomic E-state index is 12.8. The van der Waals surface area contributed by atoms with Crippen LogP contribution in [-0.4, -0.2) is 26.4 Å². The Hall–Kier alpha value is -1.42. The van der Waals surface area contributed by atoms with Crippen molar-refractivity contribution in [3.63, 3.8) is 0 Å². The molecule has 1 N–H and O–H groups in total. The lowest BCUT2D eigenvalue weighted by molar-refractivity contribution is -0.267. The fourth-order valence-corrected chi connectivity index (χ4v) is 2.09. The number of alkyl halides is 5. The third-order valence-electron chi connectivity index (χ3n) is 2.37. The number of hydrogen-bond donors (Lipinski definition) is 1. The predicted octanol–water partition coefficient (Wildman–Crippen LogP) is 3.06. The van der Waals surface area contributed by atoms with Crippen LogP contribution in [-0.2, 0) is 13.8 Å². The molecule has 0 radical (unpaired) electrons. The molecule has 0 fully saturated rings. The van der Waals surface area contributed by atoms with E-state index in [2.05, 4.69) is 0 Å². The zero-order chi connectivity index (χ0) is 16.6. The van der Waals surface area contributed by atoms with Crippen molar-refractivity contribution in [2.45, 2.75) is 23.9 Å². The zero-order valence-corrected chi connectivity index (χ0v) is 11.7. The van der Waals surface area contributed by atoms with E-state index >= 15 is 0 Å². The monoisotopic (exact) mass is 351 g/mol. The highest BCUT2D eigenvalue weighted by Gasteiger charge is 2.63. The van der Waals surface area contributed by atoms with E-state index in [0.717, 1.165) is 18.2 Å². The van der Waals surface area contributed by atoms with E-state index in [9.17, 15) is 35.2 Å². The first kappa shape index (κ1) is 17.6. The minimum absolute atomic E-state index is 0.0527. The normalized spacial score (nSPS) is 13.1. The summed E-state index contributed by atoms with van der Waals surface area (Å²) in [7, 11) is 0.946. The first-order chi connectivity index (χ1) is 9.26. The fourth-order valence-electron chi connectivity index (χ4n) is 1.26. The van der Waals surface area contributed by atoms with Crippen LogP contribution in [0.4, 0.5) is 27.6 Å². The minimum atomic E-state index is -6.04. The summed E-state index contributed by atoms with van der Waals surface area (Å²) in [4.78, 5) is 10.6. The zero-order valence-electron chi connectivity index (χ0n) is 10.1. The molecule has 1 amide bonds. The molecule has 0 atom stereocenters. The van der Waals surface area contributed by atoms with E-state index in [0.29, 0.717) is 0 Å². The number of anilines is 1. The second-order valence-corrected chi connectivity index (χ2v) is 6.51. The Balaban J connectivity index is 3.08. The van der Waals surface area contributed by atoms with Gasteiger partial charge in [-0.3, -0.25) is 4.79 Å². The molecule has 0 aliphatic heterocycles. The van der Waals surface area contributed by atoms with E-state index in [4.69, 9.17) is 10.7 Å². The molecule has 0 aromatic heterocycles. The molecule has 4 nitrogen and oxygen atoms in total. The molecule has 0 unspecified atom stereocenters. The Morgan fingerprint density at radius 3 is 2.10 bits per heavy atom. The van der Waals surface area contributed by atoms with Crippen molar-refractivity contribution < 1.29 is 35.2 Å². The van der Waals surface area contributed by atoms with E-state index in [1.54, 1.807) is 0 Å². The Kier molecular flexibility index (Phi) is 4.54. The Morgan fingerprint density at radius 1 is 1.19 bits per heavy atom. The van der Waals surface area contributed by atoms with Crippen molar-refractivity contribution in [3.05, 3.63) is 23.8 Å². The number of benzene rings is 1. The number of rotatable bonds is 3. The highest BCUT2D eigenvalue weighted by Crippen LogP contribution is 2.36. The largest absolute Gasteiger partial charge is 0.463 e. The van der Waals surface area contributed by atoms with E-state index in [1.807, 2.05) is 0 Å². The van der Waals surface area contributed by atoms with Crippen LogP contribution in [0.2, 0.25) is 0 Å². The van der Waals surface area contributed by atoms with Gasteiger partial charge in [0, 0.05) is 16.4 Å². The summed E-state index contributed by atoms with van der Waals surface area (Å²) < 4.78 is 83.5. The van der Waals surface area contributed by atoms with Crippen LogP contribution in [0.1, 0.15) is 5.56 Å². The standard InChI is InChI=1S/C10H7ClF5NO3S/c1-5-4-6(21(11,19)20)2-3-7(5)17-8(18)9(12,13)10(14,15)16/h2-4H,1H3,(H,17,18). The Labute approximate surface area is 120 Å². The molecule has 0 bridgehead atoms. The van der Waals surface area contributed by atoms with Crippen LogP contribution in [0.25, 0.3) is 0 Å². The molecule has 1 aromatic carbocycles. The van der Waals surface area contributed by atoms with Gasteiger partial charge in [-0.2, -0.15) is 22.0 Å². The summed E-state index contributed by atoms with van der Waals surface area (Å²) in [5.41, 5.74) is -0.448. The van der Waals surface area contributed by atoms with Gasteiger partial charge in [-0.15, -0.1) is 0 Å². The lowest BCUT2D eigenvalue weighted by Crippen LogP contribution is -2.47. The van der Waals surface area contributed by atoms with Crippen LogP contribution >= 0.6 is 10.7 Å². The molecule has 0 saturated heterocycles. The molecule has 0 aliphatic carbocycles. The van der Waals surface area contributed by atoms with E-state index in [-0.39, 0.29) is 10.5 Å². The summed E-state index contributed by atoms with van der Waals surface area (Å²) in [6.45, 7) is 1.20. The van der Waals surface area contributed by atoms with Gasteiger partial charge in [0.2, 0.25) is 0 Å². The van der Waals surface area contributed by atoms with Crippen molar-refractivity contribution in [1.29, 1.82) is 0 Å². The maximum Gasteiger partial charge on any atom is 0.463 e. The molecule has 11 heteroatoms. The smallest absolute Gasteiger partial charge is 0.320 e. The van der Waals surface area contributed by atoms with Gasteiger partial charge in [0.15, 0.2) is 0 Å². The van der Waals surface area contributed by atoms with Crippen molar-refractivity contribution in [3.8, 4) is 0 Å². The van der Waals surface area contributed by atoms with Gasteiger partial charge >= 0.3 is 18.0 Å². The SMILES string of the molecule is Cc1cc(S(=O)(=O)Cl)ccc1NC(=O)C(F)(F)C(F)(F)F. The fraction of sp³-hybridized carbons (Fsp3) is 0.300. The average molecular weight is 352 g/mol. The number of aryl methyl sites for hydroxylation is 1. The molecule has 0 heterocycles. The number of nitrogens with one attached hydrogen (secondary N) is 1. The number of amides is 1. The molecular formula is C10H7ClF5NO3S. The van der Waals surface area contributed by atoms with Gasteiger partial charge < -0.3 is 5.32 Å². The van der Waals surface area contributed by atoms with Gasteiger partial charge in [0.25, 0.3) is 9.05 Å². The molecule has 0 aliphatic rings. The average Bonchev–Trinajstić information content (AvgIpc) is 2.28. The molecular weight excluding hydrogens is 345 g/mol. The first-order valence-corrected chi connectivity index (χ1v) is 7.39. The van der Waals surface area contributed by atoms with Crippen LogP contribution in [0.5, 0.6) is 0 Å². The summed E-state index contributed by atoms with van der Waals surface area (Å²) >= 11 is 0. The topological polar surface area (TPSA) is 63.2 Å². The number of carbonyl (C=O) groups is 1. The summed E-state index contributed by atoms with van der Waals surface area (Å²) in [5, 5.41) is 1.39. The lowest BCUT2D eigenvalue weighted by atomic mass is 10.2. The first-order valence-electron chi connectivity index (χ1n) is 5.08. The van der Waals surface area contributed by atoms with Crippen molar-refractivity contribution in [2.24, 2.45) is 0 Å². The summed E-state index contributed by atoms with van der Waals surface area (Å²) in [6, 6.07) is 2.63. The second-order valence-electron chi connectivity index (χ2n) is 3.94. The molecule has 21 heavy (non-hydrogen) atoms. The maximum atomic E-state index is 12.8. The number of carbonyl (C=O) groups excluding carboxylic acids is 1. The van der Waals surface area contributed by atoms with Gasteiger partial charge in [-0.25, -0.2) is 8.42 Å². The van der Waals surface area contributed by atoms with Gasteiger partial charge in [0.05, 0.1) is 4.90 Å². The van der Waals surface area contributed by atoms with Gasteiger partial charge in [-0.1, -0.05) is 0 Å². The van der Waals surface area contributed by atoms with Crippen LogP contribution in [0.15, 0.2) is 23.1 Å². The lowest BCUT2D eigenvalue weighted by Gasteiger charge is -2.19. The predicted molar refractivity (Wildman–Crippen MR) is 63.8 cm³/mol. The second kappa shape index (κ2) is 5.41. The van der Waals surface area contributed by atoms with Crippen LogP contribution in [0, 0.1) is 6.92 Å². The van der Waals surface area contributed by atoms with Crippen molar-refractivity contribution in [2.75, 3.05) is 5.32 Å². The third kappa shape index (κ3) is 3.82. The Bertz CT molecular complexity index is 672. The summed E-state index contributed by atoms with van der Waals surface area (Å²) in [6.07, 6.45) is -6.04. The highest BCUT2D eigenvalue weighted by molar-refractivity contribution is 8.13. The quantitative estimate of drug-likeness (QED) is 0.672. The number of halogens is 6. The third-order valence-corrected chi connectivity index (χ3v) is 3.72. The van der Waals surface area contributed by atoms with E-state index < -0.39 is 32.7 Å². The molecule has 118 valence electrons. The van der Waals surface area contributed by atoms with Gasteiger partial charge in [-0.05, 0) is 30.7 Å². The van der Waals surface area contributed by atoms with Gasteiger partial charge in [0.1, 0.15) is 0 Å².